The standard InChI is InChI=1S/C25H24OP.BrH/c1-19-18-26-20(2)25(19)23-16-10-11-17-24(23)27(3,21-12-6-4-7-13-21)22-14-8-5-9-15-22;/h4-18H,1-3H3;1H/q+1;/p-1. The van der Waals surface area contributed by atoms with Gasteiger partial charge in [-0.15, -0.1) is 0 Å². The molecule has 0 radical (unpaired) electrons. The highest BCUT2D eigenvalue weighted by Crippen LogP contribution is 2.53. The molecule has 0 unspecified atom stereocenters. The third kappa shape index (κ3) is 3.48. The van der Waals surface area contributed by atoms with Crippen molar-refractivity contribution in [2.45, 2.75) is 13.8 Å². The molecule has 0 N–H and O–H groups in total. The van der Waals surface area contributed by atoms with Crippen molar-refractivity contribution < 1.29 is 21.4 Å². The lowest BCUT2D eigenvalue weighted by Crippen LogP contribution is -3.00. The summed E-state index contributed by atoms with van der Waals surface area (Å²) in [5.74, 6) is 0.979. The molecule has 0 atom stereocenters. The Morgan fingerprint density at radius 1 is 0.679 bits per heavy atom. The lowest BCUT2D eigenvalue weighted by Gasteiger charge is -2.25. The molecule has 28 heavy (non-hydrogen) atoms. The third-order valence-electron chi connectivity index (χ3n) is 5.36. The monoisotopic (exact) mass is 450 g/mol. The van der Waals surface area contributed by atoms with Crippen LogP contribution in [0, 0.1) is 13.8 Å². The Balaban J connectivity index is 0.00000225. The molecule has 3 aromatic carbocycles. The zero-order chi connectivity index (χ0) is 18.9. The molecule has 0 bridgehead atoms. The Morgan fingerprint density at radius 2 is 1.18 bits per heavy atom. The summed E-state index contributed by atoms with van der Waals surface area (Å²) < 4.78 is 5.74. The van der Waals surface area contributed by atoms with Crippen LogP contribution >= 0.6 is 7.26 Å². The van der Waals surface area contributed by atoms with Gasteiger partial charge in [-0.3, -0.25) is 0 Å². The Hall–Kier alpha value is -2.15. The predicted molar refractivity (Wildman–Crippen MR) is 118 cm³/mol. The van der Waals surface area contributed by atoms with E-state index in [-0.39, 0.29) is 17.0 Å². The van der Waals surface area contributed by atoms with E-state index < -0.39 is 7.26 Å². The minimum Gasteiger partial charge on any atom is -1.00 e. The normalized spacial score (nSPS) is 11.1. The van der Waals surface area contributed by atoms with E-state index >= 15 is 0 Å². The summed E-state index contributed by atoms with van der Waals surface area (Å²) in [6, 6.07) is 30.7. The van der Waals surface area contributed by atoms with Crippen molar-refractivity contribution in [1.29, 1.82) is 0 Å². The molecule has 1 nitrogen and oxygen atoms in total. The van der Waals surface area contributed by atoms with Gasteiger partial charge in [0.25, 0.3) is 0 Å². The van der Waals surface area contributed by atoms with E-state index in [1.54, 1.807) is 0 Å². The molecule has 1 aromatic heterocycles. The summed E-state index contributed by atoms with van der Waals surface area (Å²) in [4.78, 5) is 0. The van der Waals surface area contributed by atoms with Crippen molar-refractivity contribution in [3.05, 3.63) is 103 Å². The first kappa shape index (κ1) is 20.6. The van der Waals surface area contributed by atoms with Gasteiger partial charge >= 0.3 is 0 Å². The Labute approximate surface area is 178 Å². The minimum atomic E-state index is -1.79. The molecular weight excluding hydrogens is 427 g/mol. The van der Waals surface area contributed by atoms with Crippen LogP contribution in [0.1, 0.15) is 11.3 Å². The predicted octanol–water partition coefficient (Wildman–Crippen LogP) is 2.49. The van der Waals surface area contributed by atoms with Gasteiger partial charge in [0, 0.05) is 11.1 Å². The van der Waals surface area contributed by atoms with Crippen molar-refractivity contribution in [2.24, 2.45) is 0 Å². The quantitative estimate of drug-likeness (QED) is 0.435. The van der Waals surface area contributed by atoms with Gasteiger partial charge < -0.3 is 21.4 Å². The first-order valence-electron chi connectivity index (χ1n) is 9.25. The Bertz CT molecular complexity index is 995. The lowest BCUT2D eigenvalue weighted by molar-refractivity contribution is -0.00000589. The van der Waals surface area contributed by atoms with Gasteiger partial charge in [-0.1, -0.05) is 54.6 Å². The maximum Gasteiger partial charge on any atom is 0.112 e. The summed E-state index contributed by atoms with van der Waals surface area (Å²) in [6.07, 6.45) is 1.86. The van der Waals surface area contributed by atoms with Crippen molar-refractivity contribution in [3.63, 3.8) is 0 Å². The Kier molecular flexibility index (Phi) is 6.23. The first-order chi connectivity index (χ1) is 13.1. The molecule has 0 aliphatic heterocycles. The number of benzene rings is 3. The summed E-state index contributed by atoms with van der Waals surface area (Å²) >= 11 is 0. The molecule has 0 aliphatic carbocycles. The maximum atomic E-state index is 5.74. The fourth-order valence-corrected chi connectivity index (χ4v) is 7.37. The average molecular weight is 451 g/mol. The van der Waals surface area contributed by atoms with Crippen LogP contribution in [0.4, 0.5) is 0 Å². The SMILES string of the molecule is Cc1coc(C)c1-c1ccccc1[P+](C)(c1ccccc1)c1ccccc1.[Br-]. The summed E-state index contributed by atoms with van der Waals surface area (Å²) in [5, 5.41) is 4.18. The van der Waals surface area contributed by atoms with Crippen LogP contribution in [-0.4, -0.2) is 6.66 Å². The number of rotatable bonds is 4. The molecule has 142 valence electrons. The maximum absolute atomic E-state index is 5.74. The average Bonchev–Trinajstić information content (AvgIpc) is 3.07. The fraction of sp³-hybridized carbons (Fsp3) is 0.120. The molecule has 0 saturated carbocycles. The van der Waals surface area contributed by atoms with Gasteiger partial charge in [0.2, 0.25) is 0 Å². The molecule has 4 aromatic rings. The zero-order valence-electron chi connectivity index (χ0n) is 16.4. The van der Waals surface area contributed by atoms with E-state index in [4.69, 9.17) is 4.42 Å². The first-order valence-corrected chi connectivity index (χ1v) is 11.5. The van der Waals surface area contributed by atoms with Crippen molar-refractivity contribution in [1.82, 2.24) is 0 Å². The topological polar surface area (TPSA) is 13.1 Å². The number of hydrogen-bond acceptors (Lipinski definition) is 1. The fourth-order valence-electron chi connectivity index (χ4n) is 3.93. The molecule has 0 aliphatic rings. The van der Waals surface area contributed by atoms with Gasteiger partial charge in [-0.2, -0.15) is 0 Å². The summed E-state index contributed by atoms with van der Waals surface area (Å²) in [7, 11) is -1.79. The van der Waals surface area contributed by atoms with Crippen molar-refractivity contribution in [3.8, 4) is 11.1 Å². The molecule has 0 saturated heterocycles. The van der Waals surface area contributed by atoms with E-state index in [0.717, 1.165) is 5.76 Å². The molecule has 0 spiro atoms. The number of aryl methyl sites for hydroxylation is 2. The van der Waals surface area contributed by atoms with E-state index in [2.05, 4.69) is 105 Å². The van der Waals surface area contributed by atoms with Gasteiger partial charge in [0.15, 0.2) is 0 Å². The van der Waals surface area contributed by atoms with Gasteiger partial charge in [-0.05, 0) is 49.7 Å². The largest absolute Gasteiger partial charge is 1.00 e. The van der Waals surface area contributed by atoms with Crippen LogP contribution in [-0.2, 0) is 0 Å². The number of halogens is 1. The zero-order valence-corrected chi connectivity index (χ0v) is 18.9. The van der Waals surface area contributed by atoms with Crippen LogP contribution in [0.3, 0.4) is 0 Å². The van der Waals surface area contributed by atoms with Crippen LogP contribution in [0.25, 0.3) is 11.1 Å². The minimum absolute atomic E-state index is 0. The highest BCUT2D eigenvalue weighted by atomic mass is 79.9. The summed E-state index contributed by atoms with van der Waals surface area (Å²) in [6.45, 7) is 6.62. The van der Waals surface area contributed by atoms with Gasteiger partial charge in [-0.25, -0.2) is 0 Å². The highest BCUT2D eigenvalue weighted by Gasteiger charge is 2.42. The second-order valence-corrected chi connectivity index (χ2v) is 10.6. The molecule has 0 amide bonds. The van der Waals surface area contributed by atoms with E-state index in [0.29, 0.717) is 0 Å². The molecule has 3 heteroatoms. The smallest absolute Gasteiger partial charge is 0.112 e. The van der Waals surface area contributed by atoms with E-state index in [1.165, 1.54) is 32.6 Å². The van der Waals surface area contributed by atoms with Gasteiger partial charge in [0.1, 0.15) is 28.9 Å². The van der Waals surface area contributed by atoms with Crippen LogP contribution in [0.2, 0.25) is 0 Å². The van der Waals surface area contributed by atoms with E-state index in [1.807, 2.05) is 6.26 Å². The van der Waals surface area contributed by atoms with Gasteiger partial charge in [0.05, 0.1) is 12.9 Å². The molecule has 4 rings (SSSR count). The molecule has 1 heterocycles. The number of furan rings is 1. The van der Waals surface area contributed by atoms with E-state index in [9.17, 15) is 0 Å². The highest BCUT2D eigenvalue weighted by molar-refractivity contribution is 7.95. The molecular formula is C25H24BrOP. The second-order valence-electron chi connectivity index (χ2n) is 7.04. The molecule has 0 fully saturated rings. The number of hydrogen-bond donors (Lipinski definition) is 0. The Morgan fingerprint density at radius 3 is 1.68 bits per heavy atom. The van der Waals surface area contributed by atoms with Crippen molar-refractivity contribution in [2.75, 3.05) is 6.66 Å². The van der Waals surface area contributed by atoms with Crippen LogP contribution in [0.5, 0.6) is 0 Å². The third-order valence-corrected chi connectivity index (χ3v) is 9.37. The second kappa shape index (κ2) is 8.47. The van der Waals surface area contributed by atoms with Crippen molar-refractivity contribution >= 4 is 23.2 Å². The summed E-state index contributed by atoms with van der Waals surface area (Å²) in [5.41, 5.74) is 3.70. The van der Waals surface area contributed by atoms with Crippen LogP contribution < -0.4 is 32.9 Å². The lowest BCUT2D eigenvalue weighted by atomic mass is 10.0. The van der Waals surface area contributed by atoms with Crippen LogP contribution in [0.15, 0.2) is 95.6 Å².